The fraction of sp³-hybridized carbons (Fsp3) is 0.696. The molecule has 2 aliphatic carbocycles. The van der Waals surface area contributed by atoms with Crippen molar-refractivity contribution in [1.29, 1.82) is 0 Å². The third-order valence-electron chi connectivity index (χ3n) is 7.42. The van der Waals surface area contributed by atoms with Crippen molar-refractivity contribution in [1.82, 2.24) is 10.2 Å². The van der Waals surface area contributed by atoms with E-state index in [1.165, 1.54) is 12.0 Å². The van der Waals surface area contributed by atoms with Crippen molar-refractivity contribution in [2.24, 2.45) is 10.8 Å². The number of hydrogen-bond acceptors (Lipinski definition) is 4. The van der Waals surface area contributed by atoms with Gasteiger partial charge in [0.05, 0.1) is 12.0 Å². The molecular weight excluding hydrogens is 352 g/mol. The number of nitrogens with zero attached hydrogens (tertiary/aromatic N) is 1. The van der Waals surface area contributed by atoms with E-state index in [-0.39, 0.29) is 5.41 Å². The van der Waals surface area contributed by atoms with Crippen LogP contribution in [0.5, 0.6) is 0 Å². The van der Waals surface area contributed by atoms with E-state index >= 15 is 0 Å². The number of hydrogen-bond donors (Lipinski definition) is 2. The second kappa shape index (κ2) is 8.13. The minimum Gasteiger partial charge on any atom is -0.481 e. The molecule has 3 aliphatic rings. The molecule has 0 radical (unpaired) electrons. The lowest BCUT2D eigenvalue weighted by Gasteiger charge is -2.46. The molecule has 2 saturated carbocycles. The number of piperidine rings is 1. The molecule has 4 rings (SSSR count). The molecule has 1 saturated heterocycles. The molecule has 1 heterocycles. The predicted octanol–water partition coefficient (Wildman–Crippen LogP) is 3.12. The van der Waals surface area contributed by atoms with Crippen LogP contribution < -0.4 is 5.32 Å². The number of benzene rings is 1. The Labute approximate surface area is 168 Å². The van der Waals surface area contributed by atoms with E-state index in [9.17, 15) is 9.90 Å². The maximum atomic E-state index is 11.7. The van der Waals surface area contributed by atoms with Gasteiger partial charge in [0, 0.05) is 37.6 Å². The van der Waals surface area contributed by atoms with Crippen LogP contribution in [0, 0.1) is 10.8 Å². The summed E-state index contributed by atoms with van der Waals surface area (Å²) in [6.07, 6.45) is 6.11. The standard InChI is InChI=1S/C23H34N2O3/c1-28-17-22(15-24-20-14-19(20)18-6-3-2-4-7-18)10-12-25(13-11-22)16-23(21(26)27)8-5-9-23/h2-4,6-7,19-20,24H,5,8-17H2,1H3,(H,26,27)/t19-,20?/m0/s1. The summed E-state index contributed by atoms with van der Waals surface area (Å²) >= 11 is 0. The van der Waals surface area contributed by atoms with Crippen LogP contribution in [0.15, 0.2) is 30.3 Å². The van der Waals surface area contributed by atoms with Gasteiger partial charge in [0.1, 0.15) is 0 Å². The summed E-state index contributed by atoms with van der Waals surface area (Å²) in [4.78, 5) is 14.1. The molecule has 0 amide bonds. The Balaban J connectivity index is 1.28. The Bertz CT molecular complexity index is 666. The second-order valence-corrected chi connectivity index (χ2v) is 9.39. The molecule has 5 heteroatoms. The molecule has 0 spiro atoms. The number of carboxylic acid groups (broad SMARTS) is 1. The van der Waals surface area contributed by atoms with E-state index in [0.29, 0.717) is 12.0 Å². The minimum absolute atomic E-state index is 0.172. The molecule has 2 atom stereocenters. The molecule has 1 unspecified atom stereocenters. The fourth-order valence-electron chi connectivity index (χ4n) is 5.17. The first-order valence-corrected chi connectivity index (χ1v) is 10.8. The van der Waals surface area contributed by atoms with Gasteiger partial charge >= 0.3 is 5.97 Å². The van der Waals surface area contributed by atoms with Gasteiger partial charge < -0.3 is 20.1 Å². The molecule has 28 heavy (non-hydrogen) atoms. The molecule has 0 aromatic heterocycles. The summed E-state index contributed by atoms with van der Waals surface area (Å²) in [7, 11) is 1.80. The lowest BCUT2D eigenvalue weighted by Crippen LogP contribution is -2.53. The number of methoxy groups -OCH3 is 1. The highest BCUT2D eigenvalue weighted by Crippen LogP contribution is 2.44. The third-order valence-corrected chi connectivity index (χ3v) is 7.42. The van der Waals surface area contributed by atoms with E-state index in [1.54, 1.807) is 7.11 Å². The maximum Gasteiger partial charge on any atom is 0.310 e. The summed E-state index contributed by atoms with van der Waals surface area (Å²) in [5.41, 5.74) is 1.14. The molecule has 1 aromatic carbocycles. The lowest BCUT2D eigenvalue weighted by atomic mass is 9.68. The zero-order valence-electron chi connectivity index (χ0n) is 17.0. The Hall–Kier alpha value is -1.43. The van der Waals surface area contributed by atoms with E-state index in [2.05, 4.69) is 40.5 Å². The molecule has 2 N–H and O–H groups in total. The minimum atomic E-state index is -0.602. The average Bonchev–Trinajstić information content (AvgIpc) is 3.45. The number of rotatable bonds is 9. The molecule has 1 aromatic rings. The van der Waals surface area contributed by atoms with Gasteiger partial charge in [-0.2, -0.15) is 0 Å². The number of nitrogens with one attached hydrogen (secondary N) is 1. The first-order valence-electron chi connectivity index (χ1n) is 10.8. The number of carbonyl (C=O) groups is 1. The van der Waals surface area contributed by atoms with Crippen LogP contribution in [-0.2, 0) is 9.53 Å². The largest absolute Gasteiger partial charge is 0.481 e. The van der Waals surface area contributed by atoms with Crippen LogP contribution >= 0.6 is 0 Å². The van der Waals surface area contributed by atoms with Crippen LogP contribution in [0.25, 0.3) is 0 Å². The van der Waals surface area contributed by atoms with Crippen LogP contribution in [-0.4, -0.2) is 61.9 Å². The molecule has 0 bridgehead atoms. The maximum absolute atomic E-state index is 11.7. The van der Waals surface area contributed by atoms with Gasteiger partial charge in [-0.3, -0.25) is 4.79 Å². The molecule has 154 valence electrons. The number of carboxylic acids is 1. The Kier molecular flexibility index (Phi) is 5.77. The summed E-state index contributed by atoms with van der Waals surface area (Å²) in [6, 6.07) is 11.4. The molecule has 3 fully saturated rings. The van der Waals surface area contributed by atoms with Crippen LogP contribution in [0.2, 0.25) is 0 Å². The normalized spacial score (nSPS) is 28.5. The van der Waals surface area contributed by atoms with E-state index in [0.717, 1.165) is 64.9 Å². The summed E-state index contributed by atoms with van der Waals surface area (Å²) < 4.78 is 5.60. The molecule has 5 nitrogen and oxygen atoms in total. The first-order chi connectivity index (χ1) is 13.6. The van der Waals surface area contributed by atoms with E-state index < -0.39 is 11.4 Å². The van der Waals surface area contributed by atoms with Gasteiger partial charge in [-0.05, 0) is 50.8 Å². The highest BCUT2D eigenvalue weighted by molar-refractivity contribution is 5.76. The van der Waals surface area contributed by atoms with Crippen molar-refractivity contribution in [3.8, 4) is 0 Å². The first kappa shape index (κ1) is 19.9. The Morgan fingerprint density at radius 3 is 2.50 bits per heavy atom. The van der Waals surface area contributed by atoms with Gasteiger partial charge in [0.25, 0.3) is 0 Å². The van der Waals surface area contributed by atoms with Gasteiger partial charge in [-0.1, -0.05) is 36.8 Å². The van der Waals surface area contributed by atoms with Crippen molar-refractivity contribution in [2.75, 3.05) is 39.9 Å². The van der Waals surface area contributed by atoms with Crippen LogP contribution in [0.4, 0.5) is 0 Å². The molecular formula is C23H34N2O3. The SMILES string of the molecule is COCC1(CNC2C[C@H]2c2ccccc2)CCN(CC2(C(=O)O)CCC2)CC1. The van der Waals surface area contributed by atoms with Gasteiger partial charge in [-0.15, -0.1) is 0 Å². The lowest BCUT2D eigenvalue weighted by molar-refractivity contribution is -0.157. The number of aliphatic carboxylic acids is 1. The average molecular weight is 387 g/mol. The summed E-state index contributed by atoms with van der Waals surface area (Å²) in [6.45, 7) is 4.45. The van der Waals surface area contributed by atoms with Crippen molar-refractivity contribution < 1.29 is 14.6 Å². The second-order valence-electron chi connectivity index (χ2n) is 9.39. The van der Waals surface area contributed by atoms with Crippen molar-refractivity contribution in [3.63, 3.8) is 0 Å². The van der Waals surface area contributed by atoms with E-state index in [4.69, 9.17) is 4.74 Å². The molecule has 1 aliphatic heterocycles. The van der Waals surface area contributed by atoms with Gasteiger partial charge in [-0.25, -0.2) is 0 Å². The number of ether oxygens (including phenoxy) is 1. The summed E-state index contributed by atoms with van der Waals surface area (Å²) in [5.74, 6) is 0.0461. The fourth-order valence-corrected chi connectivity index (χ4v) is 5.17. The van der Waals surface area contributed by atoms with Crippen LogP contribution in [0.1, 0.15) is 50.0 Å². The highest BCUT2D eigenvalue weighted by Gasteiger charge is 2.47. The zero-order valence-corrected chi connectivity index (χ0v) is 17.0. The number of likely N-dealkylation sites (tertiary alicyclic amines) is 1. The predicted molar refractivity (Wildman–Crippen MR) is 109 cm³/mol. The highest BCUT2D eigenvalue weighted by atomic mass is 16.5. The zero-order chi connectivity index (χ0) is 19.6. The summed E-state index contributed by atoms with van der Waals surface area (Å²) in [5, 5.41) is 13.4. The van der Waals surface area contributed by atoms with Crippen LogP contribution in [0.3, 0.4) is 0 Å². The van der Waals surface area contributed by atoms with Gasteiger partial charge in [0.15, 0.2) is 0 Å². The van der Waals surface area contributed by atoms with Crippen molar-refractivity contribution in [3.05, 3.63) is 35.9 Å². The Morgan fingerprint density at radius 1 is 1.21 bits per heavy atom. The Morgan fingerprint density at radius 2 is 1.93 bits per heavy atom. The van der Waals surface area contributed by atoms with Crippen molar-refractivity contribution >= 4 is 5.97 Å². The quantitative estimate of drug-likeness (QED) is 0.683. The topological polar surface area (TPSA) is 61.8 Å². The monoisotopic (exact) mass is 386 g/mol. The van der Waals surface area contributed by atoms with Crippen molar-refractivity contribution in [2.45, 2.75) is 50.5 Å². The smallest absolute Gasteiger partial charge is 0.310 e. The third kappa shape index (κ3) is 4.12. The van der Waals surface area contributed by atoms with E-state index in [1.807, 2.05) is 0 Å². The van der Waals surface area contributed by atoms with Gasteiger partial charge in [0.2, 0.25) is 0 Å².